The van der Waals surface area contributed by atoms with Gasteiger partial charge in [-0.15, -0.1) is 10.2 Å². The third-order valence-electron chi connectivity index (χ3n) is 3.93. The number of aromatic amines is 1. The van der Waals surface area contributed by atoms with Crippen LogP contribution in [0.3, 0.4) is 0 Å². The minimum atomic E-state index is -0.119. The minimum Gasteiger partial charge on any atom is -0.295 e. The van der Waals surface area contributed by atoms with E-state index in [0.29, 0.717) is 10.7 Å². The number of hydrogen-bond donors (Lipinski definition) is 1. The first-order valence-corrected chi connectivity index (χ1v) is 9.07. The average molecular weight is 355 g/mol. The summed E-state index contributed by atoms with van der Waals surface area (Å²) in [5.41, 5.74) is 4.24. The Morgan fingerprint density at radius 1 is 1.28 bits per heavy atom. The van der Waals surface area contributed by atoms with E-state index >= 15 is 0 Å². The topological polar surface area (TPSA) is 75.9 Å². The summed E-state index contributed by atoms with van der Waals surface area (Å²) in [6.07, 6.45) is 3.50. The maximum Gasteiger partial charge on any atom is 0.280 e. The zero-order valence-corrected chi connectivity index (χ0v) is 15.6. The average Bonchev–Trinajstić information content (AvgIpc) is 3.11. The van der Waals surface area contributed by atoms with Crippen molar-refractivity contribution >= 4 is 22.7 Å². The van der Waals surface area contributed by atoms with E-state index < -0.39 is 0 Å². The lowest BCUT2D eigenvalue weighted by molar-refractivity contribution is 0.828. The molecule has 0 unspecified atom stereocenters. The number of rotatable bonds is 5. The van der Waals surface area contributed by atoms with Crippen LogP contribution in [0.2, 0.25) is 0 Å². The fourth-order valence-corrected chi connectivity index (χ4v) is 3.45. The molecule has 25 heavy (non-hydrogen) atoms. The molecule has 1 aromatic carbocycles. The molecule has 130 valence electrons. The van der Waals surface area contributed by atoms with Gasteiger partial charge < -0.3 is 0 Å². The van der Waals surface area contributed by atoms with Gasteiger partial charge in [-0.3, -0.25) is 9.89 Å². The van der Waals surface area contributed by atoms with Crippen molar-refractivity contribution in [3.8, 4) is 5.69 Å². The molecule has 0 radical (unpaired) electrons. The summed E-state index contributed by atoms with van der Waals surface area (Å²) >= 11 is 1.46. The van der Waals surface area contributed by atoms with Gasteiger partial charge in [0.05, 0.1) is 11.3 Å². The molecule has 2 heterocycles. The van der Waals surface area contributed by atoms with E-state index in [4.69, 9.17) is 0 Å². The third kappa shape index (κ3) is 3.61. The highest BCUT2D eigenvalue weighted by molar-refractivity contribution is 7.14. The molecule has 0 bridgehead atoms. The largest absolute Gasteiger partial charge is 0.295 e. The van der Waals surface area contributed by atoms with Gasteiger partial charge in [0, 0.05) is 18.3 Å². The third-order valence-corrected chi connectivity index (χ3v) is 4.83. The molecule has 0 saturated heterocycles. The smallest absolute Gasteiger partial charge is 0.280 e. The molecule has 1 N–H and O–H groups in total. The van der Waals surface area contributed by atoms with E-state index in [1.54, 1.807) is 10.9 Å². The van der Waals surface area contributed by atoms with Crippen LogP contribution in [0.15, 0.2) is 28.0 Å². The van der Waals surface area contributed by atoms with Crippen molar-refractivity contribution in [1.29, 1.82) is 0 Å². The van der Waals surface area contributed by atoms with Crippen molar-refractivity contribution in [1.82, 2.24) is 20.0 Å². The van der Waals surface area contributed by atoms with Crippen molar-refractivity contribution in [3.63, 3.8) is 0 Å². The highest BCUT2D eigenvalue weighted by atomic mass is 32.1. The molecule has 0 saturated carbocycles. The predicted octanol–water partition coefficient (Wildman–Crippen LogP) is 3.65. The molecule has 6 nitrogen and oxygen atoms in total. The summed E-state index contributed by atoms with van der Waals surface area (Å²) in [6, 6.07) is 6.00. The standard InChI is InChI=1S/C18H21N5OS/c1-5-6-16-20-21-18(25-16)19-10-14-13(4)22-23(17(14)24)15-8-7-11(2)9-12(15)3/h7-10,22H,5-6H2,1-4H3/b19-10+. The first kappa shape index (κ1) is 17.3. The molecule has 0 amide bonds. The number of aromatic nitrogens is 4. The van der Waals surface area contributed by atoms with Crippen molar-refractivity contribution in [2.24, 2.45) is 4.99 Å². The van der Waals surface area contributed by atoms with Gasteiger partial charge in [-0.2, -0.15) is 0 Å². The van der Waals surface area contributed by atoms with Gasteiger partial charge in [0.15, 0.2) is 0 Å². The Kier molecular flexibility index (Phi) is 4.94. The lowest BCUT2D eigenvalue weighted by Crippen LogP contribution is -2.18. The Morgan fingerprint density at radius 2 is 2.08 bits per heavy atom. The number of hydrogen-bond acceptors (Lipinski definition) is 5. The van der Waals surface area contributed by atoms with Gasteiger partial charge in [-0.05, 0) is 38.8 Å². The Morgan fingerprint density at radius 3 is 2.80 bits per heavy atom. The maximum absolute atomic E-state index is 12.8. The highest BCUT2D eigenvalue weighted by Gasteiger charge is 2.12. The monoisotopic (exact) mass is 355 g/mol. The summed E-state index contributed by atoms with van der Waals surface area (Å²) < 4.78 is 1.56. The van der Waals surface area contributed by atoms with Crippen molar-refractivity contribution < 1.29 is 0 Å². The first-order valence-electron chi connectivity index (χ1n) is 8.25. The van der Waals surface area contributed by atoms with Crippen molar-refractivity contribution in [2.75, 3.05) is 0 Å². The second-order valence-corrected chi connectivity index (χ2v) is 7.11. The zero-order valence-electron chi connectivity index (χ0n) is 14.8. The molecule has 0 spiro atoms. The Balaban J connectivity index is 1.94. The van der Waals surface area contributed by atoms with Crippen LogP contribution in [0, 0.1) is 20.8 Å². The Hall–Kier alpha value is -2.54. The van der Waals surface area contributed by atoms with Gasteiger partial charge in [0.1, 0.15) is 5.01 Å². The summed E-state index contributed by atoms with van der Waals surface area (Å²) in [6.45, 7) is 8.00. The Bertz CT molecular complexity index is 980. The molecule has 3 aromatic rings. The number of aliphatic imine (C=N–C) groups is 1. The second kappa shape index (κ2) is 7.14. The molecule has 3 rings (SSSR count). The number of nitrogens with one attached hydrogen (secondary N) is 1. The van der Waals surface area contributed by atoms with E-state index in [1.807, 2.05) is 32.9 Å². The van der Waals surface area contributed by atoms with Crippen LogP contribution in [0.5, 0.6) is 0 Å². The Labute approximate surface area is 150 Å². The summed E-state index contributed by atoms with van der Waals surface area (Å²) in [7, 11) is 0. The predicted molar refractivity (Wildman–Crippen MR) is 102 cm³/mol. The van der Waals surface area contributed by atoms with E-state index in [-0.39, 0.29) is 5.56 Å². The minimum absolute atomic E-state index is 0.119. The molecular formula is C18H21N5OS. The van der Waals surface area contributed by atoms with E-state index in [1.165, 1.54) is 16.9 Å². The molecule has 2 aromatic heterocycles. The first-order chi connectivity index (χ1) is 12.0. The van der Waals surface area contributed by atoms with Gasteiger partial charge in [0.2, 0.25) is 5.13 Å². The molecule has 0 aliphatic heterocycles. The highest BCUT2D eigenvalue weighted by Crippen LogP contribution is 2.19. The lowest BCUT2D eigenvalue weighted by atomic mass is 10.1. The molecule has 0 fully saturated rings. The maximum atomic E-state index is 12.8. The van der Waals surface area contributed by atoms with Crippen molar-refractivity contribution in [2.45, 2.75) is 40.5 Å². The fraction of sp³-hybridized carbons (Fsp3) is 0.333. The molecule has 7 heteroatoms. The number of benzene rings is 1. The molecule has 0 atom stereocenters. The molecular weight excluding hydrogens is 334 g/mol. The number of H-pyrrole nitrogens is 1. The van der Waals surface area contributed by atoms with E-state index in [9.17, 15) is 4.79 Å². The van der Waals surface area contributed by atoms with Crippen LogP contribution in [0.1, 0.15) is 40.7 Å². The SMILES string of the molecule is CCCc1nnc(/N=C/c2c(C)[nH]n(-c3ccc(C)cc3C)c2=O)s1. The van der Waals surface area contributed by atoms with Crippen LogP contribution in [-0.4, -0.2) is 26.2 Å². The lowest BCUT2D eigenvalue weighted by Gasteiger charge is -2.06. The van der Waals surface area contributed by atoms with E-state index in [2.05, 4.69) is 33.3 Å². The van der Waals surface area contributed by atoms with Crippen molar-refractivity contribution in [3.05, 3.63) is 55.9 Å². The number of nitrogens with zero attached hydrogens (tertiary/aromatic N) is 4. The molecule has 0 aliphatic rings. The second-order valence-electron chi connectivity index (χ2n) is 6.07. The number of aryl methyl sites for hydroxylation is 4. The van der Waals surface area contributed by atoms with Crippen LogP contribution in [0.25, 0.3) is 5.69 Å². The van der Waals surface area contributed by atoms with Crippen LogP contribution < -0.4 is 5.56 Å². The quantitative estimate of drug-likeness (QED) is 0.710. The summed E-state index contributed by atoms with van der Waals surface area (Å²) in [5.74, 6) is 0. The van der Waals surface area contributed by atoms with Gasteiger partial charge in [0.25, 0.3) is 5.56 Å². The van der Waals surface area contributed by atoms with Crippen LogP contribution >= 0.6 is 11.3 Å². The fourth-order valence-electron chi connectivity index (χ4n) is 2.67. The van der Waals surface area contributed by atoms with E-state index in [0.717, 1.165) is 34.8 Å². The summed E-state index contributed by atoms with van der Waals surface area (Å²) in [4.78, 5) is 17.1. The van der Waals surface area contributed by atoms with Crippen LogP contribution in [0.4, 0.5) is 5.13 Å². The zero-order chi connectivity index (χ0) is 18.0. The van der Waals surface area contributed by atoms with Gasteiger partial charge >= 0.3 is 0 Å². The van der Waals surface area contributed by atoms with Crippen LogP contribution in [-0.2, 0) is 6.42 Å². The van der Waals surface area contributed by atoms with Gasteiger partial charge in [-0.25, -0.2) is 9.67 Å². The summed E-state index contributed by atoms with van der Waals surface area (Å²) in [5, 5.41) is 12.8. The van der Waals surface area contributed by atoms with Gasteiger partial charge in [-0.1, -0.05) is 36.0 Å². The normalized spacial score (nSPS) is 11.5. The molecule has 0 aliphatic carbocycles.